The van der Waals surface area contributed by atoms with Gasteiger partial charge in [-0.2, -0.15) is 0 Å². The van der Waals surface area contributed by atoms with Gasteiger partial charge in [0, 0.05) is 6.07 Å². The van der Waals surface area contributed by atoms with Gasteiger partial charge in [0.2, 0.25) is 11.5 Å². The third-order valence-electron chi connectivity index (χ3n) is 3.12. The number of nitrogens with zero attached hydrogens (tertiary/aromatic N) is 2. The van der Waals surface area contributed by atoms with Crippen molar-refractivity contribution in [2.24, 2.45) is 10.2 Å². The van der Waals surface area contributed by atoms with Crippen molar-refractivity contribution in [2.45, 2.75) is 0 Å². The van der Waals surface area contributed by atoms with Gasteiger partial charge in [-0.3, -0.25) is 0 Å². The molecule has 0 radical (unpaired) electrons. The Bertz CT molecular complexity index is 716. The number of rotatable bonds is 6. The molecule has 23 heavy (non-hydrogen) atoms. The van der Waals surface area contributed by atoms with Crippen molar-refractivity contribution in [3.63, 3.8) is 0 Å². The van der Waals surface area contributed by atoms with Crippen LogP contribution in [-0.4, -0.2) is 33.5 Å². The van der Waals surface area contributed by atoms with Gasteiger partial charge >= 0.3 is 0 Å². The highest BCUT2D eigenvalue weighted by molar-refractivity contribution is 5.70. The Morgan fingerprint density at radius 2 is 1.35 bits per heavy atom. The number of para-hydroxylation sites is 1. The molecular formula is C16H18N2O5. The van der Waals surface area contributed by atoms with Crippen LogP contribution in [0.5, 0.6) is 28.7 Å². The zero-order valence-corrected chi connectivity index (χ0v) is 13.4. The molecule has 0 aliphatic rings. The largest absolute Gasteiger partial charge is 0.506 e. The molecule has 2 aromatic carbocycles. The molecule has 7 heteroatoms. The SMILES string of the molecule is COc1cc(N=Nc2ccccc2O)c(OC)c(OC)c1OC. The van der Waals surface area contributed by atoms with Crippen LogP contribution in [0.15, 0.2) is 40.6 Å². The highest BCUT2D eigenvalue weighted by Gasteiger charge is 2.21. The van der Waals surface area contributed by atoms with Gasteiger partial charge in [0.25, 0.3) is 0 Å². The molecule has 0 bridgehead atoms. The van der Waals surface area contributed by atoms with E-state index >= 15 is 0 Å². The van der Waals surface area contributed by atoms with E-state index in [1.807, 2.05) is 0 Å². The summed E-state index contributed by atoms with van der Waals surface area (Å²) in [6, 6.07) is 8.24. The monoisotopic (exact) mass is 318 g/mol. The van der Waals surface area contributed by atoms with E-state index in [1.165, 1.54) is 34.5 Å². The van der Waals surface area contributed by atoms with Crippen LogP contribution in [0, 0.1) is 0 Å². The van der Waals surface area contributed by atoms with E-state index in [0.29, 0.717) is 34.4 Å². The molecule has 0 unspecified atom stereocenters. The third kappa shape index (κ3) is 3.28. The Labute approximate surface area is 134 Å². The molecule has 0 heterocycles. The van der Waals surface area contributed by atoms with Crippen molar-refractivity contribution in [1.82, 2.24) is 0 Å². The number of methoxy groups -OCH3 is 4. The summed E-state index contributed by atoms with van der Waals surface area (Å²) in [6.07, 6.45) is 0. The summed E-state index contributed by atoms with van der Waals surface area (Å²) < 4.78 is 21.3. The smallest absolute Gasteiger partial charge is 0.209 e. The van der Waals surface area contributed by atoms with Gasteiger partial charge < -0.3 is 24.1 Å². The Morgan fingerprint density at radius 3 is 1.91 bits per heavy atom. The third-order valence-corrected chi connectivity index (χ3v) is 3.12. The minimum absolute atomic E-state index is 0.0302. The number of phenolic OH excluding ortho intramolecular Hbond substituents is 1. The zero-order valence-electron chi connectivity index (χ0n) is 13.4. The standard InChI is InChI=1S/C16H18N2O5/c1-20-13-9-11(14(21-2)16(23-4)15(13)22-3)18-17-10-7-5-6-8-12(10)19/h5-9,19H,1-4H3. The Morgan fingerprint density at radius 1 is 0.739 bits per heavy atom. The topological polar surface area (TPSA) is 81.9 Å². The van der Waals surface area contributed by atoms with Gasteiger partial charge in [-0.1, -0.05) is 12.1 Å². The van der Waals surface area contributed by atoms with Crippen LogP contribution >= 0.6 is 0 Å². The molecule has 0 aromatic heterocycles. The summed E-state index contributed by atoms with van der Waals surface area (Å²) in [5.41, 5.74) is 0.716. The maximum absolute atomic E-state index is 9.74. The quantitative estimate of drug-likeness (QED) is 0.818. The molecule has 122 valence electrons. The fourth-order valence-corrected chi connectivity index (χ4v) is 2.04. The first-order valence-electron chi connectivity index (χ1n) is 6.73. The Kier molecular flexibility index (Phi) is 5.24. The van der Waals surface area contributed by atoms with E-state index < -0.39 is 0 Å². The lowest BCUT2D eigenvalue weighted by Gasteiger charge is -2.16. The summed E-state index contributed by atoms with van der Waals surface area (Å²) in [4.78, 5) is 0. The molecule has 0 saturated carbocycles. The molecule has 0 atom stereocenters. The van der Waals surface area contributed by atoms with E-state index in [1.54, 1.807) is 24.3 Å². The number of phenols is 1. The number of hydrogen-bond acceptors (Lipinski definition) is 7. The lowest BCUT2D eigenvalue weighted by molar-refractivity contribution is 0.306. The van der Waals surface area contributed by atoms with Crippen molar-refractivity contribution in [3.05, 3.63) is 30.3 Å². The number of aromatic hydroxyl groups is 1. The fraction of sp³-hybridized carbons (Fsp3) is 0.250. The van der Waals surface area contributed by atoms with Gasteiger partial charge in [-0.25, -0.2) is 0 Å². The summed E-state index contributed by atoms with van der Waals surface area (Å²) in [6.45, 7) is 0. The van der Waals surface area contributed by atoms with E-state index in [2.05, 4.69) is 10.2 Å². The van der Waals surface area contributed by atoms with Crippen LogP contribution in [0.25, 0.3) is 0 Å². The molecule has 0 saturated heterocycles. The molecular weight excluding hydrogens is 300 g/mol. The van der Waals surface area contributed by atoms with Crippen molar-refractivity contribution < 1.29 is 24.1 Å². The van der Waals surface area contributed by atoms with Gasteiger partial charge in [0.1, 0.15) is 17.1 Å². The minimum Gasteiger partial charge on any atom is -0.506 e. The molecule has 1 N–H and O–H groups in total. The molecule has 7 nitrogen and oxygen atoms in total. The highest BCUT2D eigenvalue weighted by Crippen LogP contribution is 2.50. The van der Waals surface area contributed by atoms with Crippen LogP contribution in [-0.2, 0) is 0 Å². The molecule has 0 spiro atoms. The summed E-state index contributed by atoms with van der Waals surface area (Å²) in [5.74, 6) is 1.55. The van der Waals surface area contributed by atoms with Gasteiger partial charge in [0.05, 0.1) is 28.4 Å². The minimum atomic E-state index is 0.0302. The maximum Gasteiger partial charge on any atom is 0.209 e. The summed E-state index contributed by atoms with van der Waals surface area (Å²) in [7, 11) is 5.99. The van der Waals surface area contributed by atoms with Gasteiger partial charge in [0.15, 0.2) is 11.5 Å². The second kappa shape index (κ2) is 7.35. The lowest BCUT2D eigenvalue weighted by atomic mass is 10.2. The van der Waals surface area contributed by atoms with Crippen LogP contribution in [0.3, 0.4) is 0 Å². The fourth-order valence-electron chi connectivity index (χ4n) is 2.04. The van der Waals surface area contributed by atoms with E-state index in [9.17, 15) is 5.11 Å². The lowest BCUT2D eigenvalue weighted by Crippen LogP contribution is -1.98. The number of ether oxygens (including phenoxy) is 4. The first-order valence-corrected chi connectivity index (χ1v) is 6.73. The van der Waals surface area contributed by atoms with Crippen molar-refractivity contribution in [1.29, 1.82) is 0 Å². The van der Waals surface area contributed by atoms with Crippen LogP contribution in [0.2, 0.25) is 0 Å². The molecule has 2 rings (SSSR count). The second-order valence-electron chi connectivity index (χ2n) is 4.39. The Balaban J connectivity index is 2.55. The normalized spacial score (nSPS) is 10.6. The van der Waals surface area contributed by atoms with E-state index in [4.69, 9.17) is 18.9 Å². The first kappa shape index (κ1) is 16.4. The predicted octanol–water partition coefficient (Wildman–Crippen LogP) is 3.84. The second-order valence-corrected chi connectivity index (χ2v) is 4.39. The average Bonchev–Trinajstić information content (AvgIpc) is 2.59. The van der Waals surface area contributed by atoms with Crippen LogP contribution in [0.1, 0.15) is 0 Å². The van der Waals surface area contributed by atoms with Crippen molar-refractivity contribution >= 4 is 11.4 Å². The summed E-state index contributed by atoms with van der Waals surface area (Å²) in [5, 5.41) is 17.9. The van der Waals surface area contributed by atoms with Crippen LogP contribution in [0.4, 0.5) is 11.4 Å². The van der Waals surface area contributed by atoms with Gasteiger partial charge in [-0.05, 0) is 12.1 Å². The molecule has 0 aliphatic heterocycles. The molecule has 0 amide bonds. The first-order chi connectivity index (χ1) is 11.2. The summed E-state index contributed by atoms with van der Waals surface area (Å²) >= 11 is 0. The molecule has 0 aliphatic carbocycles. The zero-order chi connectivity index (χ0) is 16.8. The Hall–Kier alpha value is -2.96. The highest BCUT2D eigenvalue weighted by atomic mass is 16.5. The van der Waals surface area contributed by atoms with Crippen molar-refractivity contribution in [2.75, 3.05) is 28.4 Å². The van der Waals surface area contributed by atoms with Crippen LogP contribution < -0.4 is 18.9 Å². The number of hydrogen-bond donors (Lipinski definition) is 1. The molecule has 2 aromatic rings. The number of benzene rings is 2. The number of azo groups is 1. The molecule has 0 fully saturated rings. The van der Waals surface area contributed by atoms with E-state index in [-0.39, 0.29) is 5.75 Å². The van der Waals surface area contributed by atoms with E-state index in [0.717, 1.165) is 0 Å². The predicted molar refractivity (Wildman–Crippen MR) is 84.9 cm³/mol. The van der Waals surface area contributed by atoms with Gasteiger partial charge in [-0.15, -0.1) is 10.2 Å². The van der Waals surface area contributed by atoms with Crippen molar-refractivity contribution in [3.8, 4) is 28.7 Å². The maximum atomic E-state index is 9.74. The average molecular weight is 318 g/mol.